The van der Waals surface area contributed by atoms with E-state index in [0.717, 1.165) is 12.8 Å². The molecule has 0 bridgehead atoms. The lowest BCUT2D eigenvalue weighted by atomic mass is 10.1. The Hall–Kier alpha value is -0.530. The molecule has 0 aliphatic carbocycles. The van der Waals surface area contributed by atoms with Gasteiger partial charge in [-0.05, 0) is 27.3 Å². The van der Waals surface area contributed by atoms with Crippen molar-refractivity contribution in [3.05, 3.63) is 0 Å². The Balaban J connectivity index is 4.32. The lowest BCUT2D eigenvalue weighted by Gasteiger charge is -2.21. The number of nitrogens with one attached hydrogen (secondary N) is 1. The van der Waals surface area contributed by atoms with Gasteiger partial charge in [0, 0.05) is 18.7 Å². The second kappa shape index (κ2) is 6.05. The summed E-state index contributed by atoms with van der Waals surface area (Å²) in [4.78, 5) is 0. The van der Waals surface area contributed by atoms with E-state index in [9.17, 15) is 8.42 Å². The zero-order chi connectivity index (χ0) is 11.2. The lowest BCUT2D eigenvalue weighted by Crippen LogP contribution is -2.40. The first-order valence-electron chi connectivity index (χ1n) is 4.69. The van der Waals surface area contributed by atoms with E-state index in [4.69, 9.17) is 0 Å². The van der Waals surface area contributed by atoms with Crippen LogP contribution in [0.15, 0.2) is 0 Å². The Bertz CT molecular complexity index is 311. The van der Waals surface area contributed by atoms with E-state index >= 15 is 0 Å². The van der Waals surface area contributed by atoms with E-state index in [1.54, 1.807) is 20.9 Å². The summed E-state index contributed by atoms with van der Waals surface area (Å²) in [6.07, 6.45) is 2.78. The first-order valence-corrected chi connectivity index (χ1v) is 6.64. The van der Waals surface area contributed by atoms with Crippen LogP contribution in [0.3, 0.4) is 0 Å². The monoisotopic (exact) mass is 217 g/mol. The second-order valence-electron chi connectivity index (χ2n) is 3.40. The van der Waals surface area contributed by atoms with E-state index in [0.29, 0.717) is 0 Å². The highest BCUT2D eigenvalue weighted by atomic mass is 32.2. The van der Waals surface area contributed by atoms with Crippen molar-refractivity contribution in [1.29, 1.82) is 0 Å². The van der Waals surface area contributed by atoms with Crippen molar-refractivity contribution in [1.82, 2.24) is 5.32 Å². The van der Waals surface area contributed by atoms with Crippen LogP contribution in [0.25, 0.3) is 0 Å². The van der Waals surface area contributed by atoms with Crippen LogP contribution in [0.5, 0.6) is 0 Å². The Labute approximate surface area is 87.2 Å². The van der Waals surface area contributed by atoms with Crippen LogP contribution in [0.1, 0.15) is 26.7 Å². The van der Waals surface area contributed by atoms with Gasteiger partial charge in [-0.15, -0.1) is 11.8 Å². The van der Waals surface area contributed by atoms with Crippen LogP contribution in [-0.2, 0) is 9.84 Å². The third kappa shape index (κ3) is 4.64. The van der Waals surface area contributed by atoms with Crippen LogP contribution >= 0.6 is 0 Å². The summed E-state index contributed by atoms with van der Waals surface area (Å²) in [5.41, 5.74) is 0. The molecule has 0 saturated carbocycles. The van der Waals surface area contributed by atoms with Gasteiger partial charge in [-0.3, -0.25) is 0 Å². The standard InChI is InChI=1S/C10H19NO2S/c1-5-6-7-8-10(11-3)9(2)14(4,12)13/h9-11H,7-8H2,1-4H3. The smallest absolute Gasteiger partial charge is 0.151 e. The predicted octanol–water partition coefficient (Wildman–Crippen LogP) is 0.811. The molecule has 0 aromatic rings. The zero-order valence-electron chi connectivity index (χ0n) is 9.29. The molecule has 0 rings (SSSR count). The van der Waals surface area contributed by atoms with E-state index in [1.807, 2.05) is 0 Å². The molecular weight excluding hydrogens is 198 g/mol. The Kier molecular flexibility index (Phi) is 5.82. The largest absolute Gasteiger partial charge is 0.316 e. The molecule has 0 aromatic carbocycles. The van der Waals surface area contributed by atoms with Gasteiger partial charge in [-0.25, -0.2) is 8.42 Å². The highest BCUT2D eigenvalue weighted by Crippen LogP contribution is 2.09. The van der Waals surface area contributed by atoms with Crippen molar-refractivity contribution in [2.24, 2.45) is 0 Å². The molecule has 82 valence electrons. The molecule has 14 heavy (non-hydrogen) atoms. The topological polar surface area (TPSA) is 46.2 Å². The molecular formula is C10H19NO2S. The fraction of sp³-hybridized carbons (Fsp3) is 0.800. The third-order valence-corrected chi connectivity index (χ3v) is 4.05. The van der Waals surface area contributed by atoms with Gasteiger partial charge in [0.25, 0.3) is 0 Å². The first kappa shape index (κ1) is 13.5. The molecule has 3 nitrogen and oxygen atoms in total. The van der Waals surface area contributed by atoms with E-state index < -0.39 is 9.84 Å². The summed E-state index contributed by atoms with van der Waals surface area (Å²) in [6, 6.07) is -0.00847. The van der Waals surface area contributed by atoms with Crippen molar-refractivity contribution < 1.29 is 8.42 Å². The van der Waals surface area contributed by atoms with Crippen LogP contribution in [0.4, 0.5) is 0 Å². The fourth-order valence-electron chi connectivity index (χ4n) is 1.26. The van der Waals surface area contributed by atoms with Gasteiger partial charge < -0.3 is 5.32 Å². The summed E-state index contributed by atoms with van der Waals surface area (Å²) in [5.74, 6) is 5.73. The summed E-state index contributed by atoms with van der Waals surface area (Å²) < 4.78 is 22.6. The van der Waals surface area contributed by atoms with Gasteiger partial charge in [-0.1, -0.05) is 0 Å². The Morgan fingerprint density at radius 2 is 2.00 bits per heavy atom. The minimum absolute atomic E-state index is 0.00847. The Morgan fingerprint density at radius 1 is 1.43 bits per heavy atom. The fourth-order valence-corrected chi connectivity index (χ4v) is 2.13. The van der Waals surface area contributed by atoms with Crippen molar-refractivity contribution in [2.45, 2.75) is 38.0 Å². The van der Waals surface area contributed by atoms with E-state index in [-0.39, 0.29) is 11.3 Å². The number of hydrogen-bond acceptors (Lipinski definition) is 3. The first-order chi connectivity index (χ1) is 6.43. The van der Waals surface area contributed by atoms with Crippen molar-refractivity contribution in [3.63, 3.8) is 0 Å². The maximum absolute atomic E-state index is 11.3. The number of hydrogen-bond donors (Lipinski definition) is 1. The van der Waals surface area contributed by atoms with Gasteiger partial charge in [-0.2, -0.15) is 0 Å². The zero-order valence-corrected chi connectivity index (χ0v) is 10.1. The molecule has 4 heteroatoms. The highest BCUT2D eigenvalue weighted by molar-refractivity contribution is 7.91. The number of rotatable bonds is 5. The van der Waals surface area contributed by atoms with Gasteiger partial charge in [0.05, 0.1) is 5.25 Å². The molecule has 2 unspecified atom stereocenters. The van der Waals surface area contributed by atoms with Crippen LogP contribution in [0.2, 0.25) is 0 Å². The molecule has 1 N–H and O–H groups in total. The van der Waals surface area contributed by atoms with Gasteiger partial charge in [0.15, 0.2) is 9.84 Å². The molecule has 2 atom stereocenters. The molecule has 0 spiro atoms. The third-order valence-electron chi connectivity index (χ3n) is 2.37. The molecule has 0 heterocycles. The summed E-state index contributed by atoms with van der Waals surface area (Å²) in [7, 11) is -1.18. The van der Waals surface area contributed by atoms with Gasteiger partial charge >= 0.3 is 0 Å². The second-order valence-corrected chi connectivity index (χ2v) is 5.80. The van der Waals surface area contributed by atoms with Crippen molar-refractivity contribution in [2.75, 3.05) is 13.3 Å². The summed E-state index contributed by atoms with van der Waals surface area (Å²) in [5, 5.41) is 2.66. The van der Waals surface area contributed by atoms with Crippen LogP contribution < -0.4 is 5.32 Å². The predicted molar refractivity (Wildman–Crippen MR) is 59.8 cm³/mol. The molecule has 0 aromatic heterocycles. The SMILES string of the molecule is CC#CCCC(NC)C(C)S(C)(=O)=O. The lowest BCUT2D eigenvalue weighted by molar-refractivity contribution is 0.497. The minimum atomic E-state index is -2.96. The van der Waals surface area contributed by atoms with Gasteiger partial charge in [0.2, 0.25) is 0 Å². The molecule has 0 amide bonds. The van der Waals surface area contributed by atoms with Crippen molar-refractivity contribution >= 4 is 9.84 Å². The Morgan fingerprint density at radius 3 is 2.36 bits per heavy atom. The van der Waals surface area contributed by atoms with Gasteiger partial charge in [0.1, 0.15) is 0 Å². The molecule has 0 radical (unpaired) electrons. The highest BCUT2D eigenvalue weighted by Gasteiger charge is 2.23. The average molecular weight is 217 g/mol. The number of sulfone groups is 1. The minimum Gasteiger partial charge on any atom is -0.316 e. The van der Waals surface area contributed by atoms with Crippen molar-refractivity contribution in [3.8, 4) is 11.8 Å². The van der Waals surface area contributed by atoms with E-state index in [1.165, 1.54) is 6.26 Å². The molecule has 0 aliphatic heterocycles. The van der Waals surface area contributed by atoms with Crippen LogP contribution in [0, 0.1) is 11.8 Å². The maximum atomic E-state index is 11.3. The van der Waals surface area contributed by atoms with Crippen LogP contribution in [-0.4, -0.2) is 33.0 Å². The maximum Gasteiger partial charge on any atom is 0.151 e. The van der Waals surface area contributed by atoms with E-state index in [2.05, 4.69) is 17.2 Å². The molecule has 0 saturated heterocycles. The quantitative estimate of drug-likeness (QED) is 0.693. The molecule has 0 aliphatic rings. The molecule has 0 fully saturated rings. The summed E-state index contributed by atoms with van der Waals surface area (Å²) >= 11 is 0. The average Bonchev–Trinajstić information content (AvgIpc) is 2.10. The summed E-state index contributed by atoms with van der Waals surface area (Å²) in [6.45, 7) is 3.52. The normalized spacial score (nSPS) is 15.4.